The number of carbonyl (C=O) groups is 1. The van der Waals surface area contributed by atoms with E-state index in [0.717, 1.165) is 34.0 Å². The summed E-state index contributed by atoms with van der Waals surface area (Å²) in [6.45, 7) is 5.12. The van der Waals surface area contributed by atoms with Crippen molar-refractivity contribution in [3.8, 4) is 11.4 Å². The van der Waals surface area contributed by atoms with Crippen molar-refractivity contribution in [1.82, 2.24) is 14.5 Å². The number of hydrogen-bond acceptors (Lipinski definition) is 6. The molecule has 1 amide bonds. The normalized spacial score (nSPS) is 17.3. The van der Waals surface area contributed by atoms with E-state index in [1.807, 2.05) is 66.9 Å². The lowest BCUT2D eigenvalue weighted by Crippen LogP contribution is -2.42. The maximum Gasteiger partial charge on any atom is 0.233 e. The highest BCUT2D eigenvalue weighted by Gasteiger charge is 2.34. The van der Waals surface area contributed by atoms with Crippen molar-refractivity contribution in [2.45, 2.75) is 37.9 Å². The summed E-state index contributed by atoms with van der Waals surface area (Å²) < 4.78 is 31.5. The van der Waals surface area contributed by atoms with Gasteiger partial charge in [-0.2, -0.15) is 0 Å². The Morgan fingerprint density at radius 1 is 1.18 bits per heavy atom. The Morgan fingerprint density at radius 3 is 2.61 bits per heavy atom. The van der Waals surface area contributed by atoms with Crippen LogP contribution in [0.5, 0.6) is 5.75 Å². The van der Waals surface area contributed by atoms with Crippen molar-refractivity contribution in [1.29, 1.82) is 0 Å². The molecular formula is C24H29N3O4S2. The van der Waals surface area contributed by atoms with Gasteiger partial charge in [-0.3, -0.25) is 9.36 Å². The van der Waals surface area contributed by atoms with Crippen molar-refractivity contribution in [2.24, 2.45) is 0 Å². The number of thioether (sulfide) groups is 1. The summed E-state index contributed by atoms with van der Waals surface area (Å²) in [5, 5.41) is 0.726. The monoisotopic (exact) mass is 487 g/mol. The fourth-order valence-electron chi connectivity index (χ4n) is 4.19. The van der Waals surface area contributed by atoms with Gasteiger partial charge >= 0.3 is 0 Å². The van der Waals surface area contributed by atoms with Gasteiger partial charge in [0.05, 0.1) is 34.9 Å². The van der Waals surface area contributed by atoms with Crippen LogP contribution in [-0.4, -0.2) is 65.2 Å². The highest BCUT2D eigenvalue weighted by molar-refractivity contribution is 7.99. The van der Waals surface area contributed by atoms with Gasteiger partial charge in [0.15, 0.2) is 15.0 Å². The predicted molar refractivity (Wildman–Crippen MR) is 132 cm³/mol. The molecule has 1 atom stereocenters. The number of nitrogens with zero attached hydrogens (tertiary/aromatic N) is 3. The molecule has 176 valence electrons. The first kappa shape index (κ1) is 23.6. The lowest BCUT2D eigenvalue weighted by molar-refractivity contribution is -0.130. The van der Waals surface area contributed by atoms with Gasteiger partial charge in [-0.25, -0.2) is 13.4 Å². The van der Waals surface area contributed by atoms with Gasteiger partial charge < -0.3 is 9.64 Å². The average molecular weight is 488 g/mol. The zero-order valence-electron chi connectivity index (χ0n) is 18.9. The minimum absolute atomic E-state index is 0.0470. The molecule has 9 heteroatoms. The molecule has 3 aromatic rings. The molecule has 1 saturated heterocycles. The largest absolute Gasteiger partial charge is 0.494 e. The molecule has 7 nitrogen and oxygen atoms in total. The van der Waals surface area contributed by atoms with E-state index in [0.29, 0.717) is 19.6 Å². The molecular weight excluding hydrogens is 458 g/mol. The fourth-order valence-corrected chi connectivity index (χ4v) is 6.84. The molecule has 4 rings (SSSR count). The van der Waals surface area contributed by atoms with Crippen LogP contribution in [-0.2, 0) is 14.6 Å². The Balaban J connectivity index is 1.58. The number of amides is 1. The van der Waals surface area contributed by atoms with Crippen LogP contribution in [0.3, 0.4) is 0 Å². The number of fused-ring (bicyclic) bond motifs is 1. The van der Waals surface area contributed by atoms with Gasteiger partial charge in [0, 0.05) is 18.3 Å². The molecule has 0 saturated carbocycles. The fraction of sp³-hybridized carbons (Fsp3) is 0.417. The number of aromatic nitrogens is 2. The van der Waals surface area contributed by atoms with E-state index in [-0.39, 0.29) is 29.2 Å². The Hall–Kier alpha value is -2.52. The smallest absolute Gasteiger partial charge is 0.233 e. The molecule has 1 aromatic heterocycles. The minimum Gasteiger partial charge on any atom is -0.494 e. The van der Waals surface area contributed by atoms with Gasteiger partial charge in [0.2, 0.25) is 5.91 Å². The summed E-state index contributed by atoms with van der Waals surface area (Å²) in [5.74, 6) is 1.18. The van der Waals surface area contributed by atoms with Crippen LogP contribution in [0, 0.1) is 0 Å². The third-order valence-electron chi connectivity index (χ3n) is 5.69. The maximum absolute atomic E-state index is 13.1. The number of para-hydroxylation sites is 2. The molecule has 2 aromatic carbocycles. The van der Waals surface area contributed by atoms with E-state index in [2.05, 4.69) is 0 Å². The highest BCUT2D eigenvalue weighted by Crippen LogP contribution is 2.29. The van der Waals surface area contributed by atoms with Crippen molar-refractivity contribution < 1.29 is 17.9 Å². The van der Waals surface area contributed by atoms with Gasteiger partial charge in [0.1, 0.15) is 5.75 Å². The van der Waals surface area contributed by atoms with E-state index in [1.165, 1.54) is 11.8 Å². The van der Waals surface area contributed by atoms with Crippen molar-refractivity contribution in [3.05, 3.63) is 48.5 Å². The molecule has 2 heterocycles. The van der Waals surface area contributed by atoms with Gasteiger partial charge in [0.25, 0.3) is 0 Å². The Labute approximate surface area is 199 Å². The summed E-state index contributed by atoms with van der Waals surface area (Å²) in [7, 11) is -3.05. The Kier molecular flexibility index (Phi) is 7.29. The van der Waals surface area contributed by atoms with E-state index >= 15 is 0 Å². The summed E-state index contributed by atoms with van der Waals surface area (Å²) in [4.78, 5) is 19.7. The second-order valence-corrected chi connectivity index (χ2v) is 11.2. The predicted octanol–water partition coefficient (Wildman–Crippen LogP) is 3.94. The van der Waals surface area contributed by atoms with Crippen LogP contribution in [0.4, 0.5) is 0 Å². The van der Waals surface area contributed by atoms with E-state index in [1.54, 1.807) is 4.90 Å². The zero-order valence-corrected chi connectivity index (χ0v) is 20.6. The molecule has 1 aliphatic rings. The van der Waals surface area contributed by atoms with E-state index < -0.39 is 9.84 Å². The molecule has 1 fully saturated rings. The van der Waals surface area contributed by atoms with Crippen LogP contribution in [0.2, 0.25) is 0 Å². The zero-order chi connectivity index (χ0) is 23.4. The number of carbonyl (C=O) groups excluding carboxylic acids is 1. The van der Waals surface area contributed by atoms with Crippen LogP contribution in [0.1, 0.15) is 26.7 Å². The molecule has 0 N–H and O–H groups in total. The summed E-state index contributed by atoms with van der Waals surface area (Å²) in [5.41, 5.74) is 2.76. The summed E-state index contributed by atoms with van der Waals surface area (Å²) in [6.07, 6.45) is 1.31. The van der Waals surface area contributed by atoms with Crippen LogP contribution < -0.4 is 4.74 Å². The lowest BCUT2D eigenvalue weighted by atomic mass is 10.2. The van der Waals surface area contributed by atoms with Gasteiger partial charge in [-0.05, 0) is 56.2 Å². The second-order valence-electron chi connectivity index (χ2n) is 8.08. The SMILES string of the molecule is CCCN(C(=O)CSc1nc2ccccc2n1-c1ccc(OCC)cc1)C1CCS(=O)(=O)C1. The maximum atomic E-state index is 13.1. The first-order valence-electron chi connectivity index (χ1n) is 11.2. The lowest BCUT2D eigenvalue weighted by Gasteiger charge is -2.27. The Bertz CT molecular complexity index is 1220. The number of rotatable bonds is 9. The molecule has 0 bridgehead atoms. The van der Waals surface area contributed by atoms with Gasteiger partial charge in [-0.15, -0.1) is 0 Å². The minimum atomic E-state index is -3.05. The standard InChI is InChI=1S/C24H29N3O4S2/c1-3-14-26(19-13-15-33(29,30)17-19)23(28)16-32-24-25-21-7-5-6-8-22(21)27(24)18-9-11-20(12-10-18)31-4-2/h5-12,19H,3-4,13-17H2,1-2H3. The summed E-state index contributed by atoms with van der Waals surface area (Å²) in [6, 6.07) is 15.5. The Morgan fingerprint density at radius 2 is 1.94 bits per heavy atom. The first-order valence-corrected chi connectivity index (χ1v) is 14.1. The third kappa shape index (κ3) is 5.35. The number of sulfone groups is 1. The van der Waals surface area contributed by atoms with Crippen LogP contribution >= 0.6 is 11.8 Å². The molecule has 0 spiro atoms. The quantitative estimate of drug-likeness (QED) is 0.425. The number of benzene rings is 2. The van der Waals surface area contributed by atoms with E-state index in [9.17, 15) is 13.2 Å². The molecule has 33 heavy (non-hydrogen) atoms. The third-order valence-corrected chi connectivity index (χ3v) is 8.37. The molecule has 1 unspecified atom stereocenters. The van der Waals surface area contributed by atoms with Gasteiger partial charge in [-0.1, -0.05) is 30.8 Å². The highest BCUT2D eigenvalue weighted by atomic mass is 32.2. The van der Waals surface area contributed by atoms with E-state index in [4.69, 9.17) is 9.72 Å². The first-order chi connectivity index (χ1) is 15.9. The molecule has 0 aliphatic carbocycles. The van der Waals surface area contributed by atoms with Crippen molar-refractivity contribution >= 4 is 38.5 Å². The molecule has 0 radical (unpaired) electrons. The number of imidazole rings is 1. The topological polar surface area (TPSA) is 81.5 Å². The summed E-state index contributed by atoms with van der Waals surface area (Å²) >= 11 is 1.38. The average Bonchev–Trinajstić information content (AvgIpc) is 3.36. The van der Waals surface area contributed by atoms with Crippen LogP contribution in [0.25, 0.3) is 16.7 Å². The van der Waals surface area contributed by atoms with Crippen molar-refractivity contribution in [3.63, 3.8) is 0 Å². The number of hydrogen-bond donors (Lipinski definition) is 0. The van der Waals surface area contributed by atoms with Crippen molar-refractivity contribution in [2.75, 3.05) is 30.4 Å². The van der Waals surface area contributed by atoms with Crippen LogP contribution in [0.15, 0.2) is 53.7 Å². The second kappa shape index (κ2) is 10.2. The molecule has 1 aliphatic heterocycles. The number of ether oxygens (including phenoxy) is 1.